The molecule has 1 aromatic heterocycles. The van der Waals surface area contributed by atoms with Gasteiger partial charge in [-0.05, 0) is 44.0 Å². The van der Waals surface area contributed by atoms with E-state index < -0.39 is 6.43 Å². The molecule has 0 fully saturated rings. The predicted molar refractivity (Wildman–Crippen MR) is 62.8 cm³/mol. The van der Waals surface area contributed by atoms with Crippen LogP contribution in [0.1, 0.15) is 12.1 Å². The number of rotatable bonds is 2. The van der Waals surface area contributed by atoms with E-state index in [-0.39, 0.29) is 5.69 Å². The van der Waals surface area contributed by atoms with Gasteiger partial charge in [0.05, 0.1) is 11.9 Å². The van der Waals surface area contributed by atoms with Crippen LogP contribution in [0.15, 0.2) is 33.3 Å². The third-order valence-electron chi connectivity index (χ3n) is 1.97. The van der Waals surface area contributed by atoms with Crippen molar-refractivity contribution in [1.29, 1.82) is 0 Å². The number of hydrogen-bond donors (Lipinski definition) is 0. The minimum Gasteiger partial charge on any atom is -0.229 e. The van der Waals surface area contributed by atoms with Gasteiger partial charge in [-0.1, -0.05) is 6.07 Å². The van der Waals surface area contributed by atoms with Crippen LogP contribution in [0.4, 0.5) is 8.78 Å². The molecule has 2 rings (SSSR count). The molecule has 0 atom stereocenters. The van der Waals surface area contributed by atoms with Gasteiger partial charge >= 0.3 is 0 Å². The van der Waals surface area contributed by atoms with Gasteiger partial charge in [0.2, 0.25) is 0 Å². The number of alkyl halides is 2. The molecule has 16 heavy (non-hydrogen) atoms. The van der Waals surface area contributed by atoms with Crippen molar-refractivity contribution in [3.05, 3.63) is 45.1 Å². The van der Waals surface area contributed by atoms with Crippen LogP contribution in [0.5, 0.6) is 0 Å². The molecule has 1 aromatic carbocycles. The number of para-hydroxylation sites is 1. The fourth-order valence-corrected chi connectivity index (χ4v) is 2.64. The van der Waals surface area contributed by atoms with Gasteiger partial charge in [-0.25, -0.2) is 13.5 Å². The lowest BCUT2D eigenvalue weighted by atomic mass is 10.3. The quantitative estimate of drug-likeness (QED) is 0.796. The molecule has 2 aromatic rings. The van der Waals surface area contributed by atoms with Crippen molar-refractivity contribution < 1.29 is 8.78 Å². The maximum atomic E-state index is 12.7. The van der Waals surface area contributed by atoms with Crippen LogP contribution in [-0.4, -0.2) is 9.78 Å². The van der Waals surface area contributed by atoms with Crippen LogP contribution >= 0.6 is 31.9 Å². The lowest BCUT2D eigenvalue weighted by Gasteiger charge is -2.10. The van der Waals surface area contributed by atoms with Crippen molar-refractivity contribution in [3.8, 4) is 5.69 Å². The van der Waals surface area contributed by atoms with Gasteiger partial charge in [0, 0.05) is 15.0 Å². The van der Waals surface area contributed by atoms with Gasteiger partial charge in [0.25, 0.3) is 6.43 Å². The first kappa shape index (κ1) is 11.7. The lowest BCUT2D eigenvalue weighted by molar-refractivity contribution is 0.142. The van der Waals surface area contributed by atoms with Gasteiger partial charge in [0.15, 0.2) is 0 Å². The summed E-state index contributed by atoms with van der Waals surface area (Å²) >= 11 is 6.60. The van der Waals surface area contributed by atoms with Crippen LogP contribution in [0.3, 0.4) is 0 Å². The van der Waals surface area contributed by atoms with E-state index in [1.165, 1.54) is 10.9 Å². The van der Waals surface area contributed by atoms with Crippen molar-refractivity contribution in [1.82, 2.24) is 9.78 Å². The van der Waals surface area contributed by atoms with Crippen LogP contribution in [0, 0.1) is 6.07 Å². The smallest absolute Gasteiger partial charge is 0.229 e. The molecular formula is C10H5Br2F2N2. The fraction of sp³-hybridized carbons (Fsp3) is 0.100. The predicted octanol–water partition coefficient (Wildman–Crippen LogP) is 4.14. The summed E-state index contributed by atoms with van der Waals surface area (Å²) in [7, 11) is 0. The van der Waals surface area contributed by atoms with Crippen molar-refractivity contribution in [3.63, 3.8) is 0 Å². The standard InChI is InChI=1S/C10H5Br2F2N2/c11-6-2-1-3-7(12)9(6)16-8(10(13)14)4-5-15-16/h1-3,5,10H. The highest BCUT2D eigenvalue weighted by Gasteiger charge is 2.18. The zero-order valence-corrected chi connectivity index (χ0v) is 11.0. The first-order valence-electron chi connectivity index (χ1n) is 4.29. The zero-order valence-electron chi connectivity index (χ0n) is 7.79. The first-order valence-corrected chi connectivity index (χ1v) is 5.88. The Labute approximate surface area is 108 Å². The number of halogens is 4. The van der Waals surface area contributed by atoms with E-state index >= 15 is 0 Å². The molecule has 2 nitrogen and oxygen atoms in total. The highest BCUT2D eigenvalue weighted by Crippen LogP contribution is 2.31. The largest absolute Gasteiger partial charge is 0.281 e. The Morgan fingerprint density at radius 2 is 1.88 bits per heavy atom. The van der Waals surface area contributed by atoms with E-state index in [1.807, 2.05) is 0 Å². The average Bonchev–Trinajstić information content (AvgIpc) is 2.66. The van der Waals surface area contributed by atoms with Gasteiger partial charge in [-0.15, -0.1) is 0 Å². The zero-order chi connectivity index (χ0) is 11.7. The van der Waals surface area contributed by atoms with E-state index in [1.54, 1.807) is 18.2 Å². The Kier molecular flexibility index (Phi) is 3.39. The van der Waals surface area contributed by atoms with Crippen LogP contribution in [0.25, 0.3) is 5.69 Å². The Balaban J connectivity index is 2.63. The summed E-state index contributed by atoms with van der Waals surface area (Å²) < 4.78 is 27.9. The third kappa shape index (κ3) is 2.04. The van der Waals surface area contributed by atoms with E-state index in [0.29, 0.717) is 14.6 Å². The molecule has 1 heterocycles. The Morgan fingerprint density at radius 3 is 2.44 bits per heavy atom. The average molecular weight is 351 g/mol. The SMILES string of the molecule is FC(F)c1[c]cnn1-c1c(Br)cccc1Br. The summed E-state index contributed by atoms with van der Waals surface area (Å²) in [6, 6.07) is 7.74. The molecule has 83 valence electrons. The van der Waals surface area contributed by atoms with Gasteiger partial charge in [-0.3, -0.25) is 0 Å². The molecule has 0 bridgehead atoms. The van der Waals surface area contributed by atoms with Gasteiger partial charge < -0.3 is 0 Å². The highest BCUT2D eigenvalue weighted by molar-refractivity contribution is 9.11. The Bertz CT molecular complexity index is 491. The van der Waals surface area contributed by atoms with Crippen molar-refractivity contribution in [2.24, 2.45) is 0 Å². The summed E-state index contributed by atoms with van der Waals surface area (Å²) in [5, 5.41) is 3.85. The molecule has 0 saturated heterocycles. The molecule has 0 aliphatic rings. The van der Waals surface area contributed by atoms with Crippen molar-refractivity contribution in [2.75, 3.05) is 0 Å². The monoisotopic (exact) mass is 349 g/mol. The van der Waals surface area contributed by atoms with Crippen LogP contribution in [0.2, 0.25) is 0 Å². The molecule has 0 unspecified atom stereocenters. The summed E-state index contributed by atoms with van der Waals surface area (Å²) in [5.74, 6) is 0. The van der Waals surface area contributed by atoms with E-state index in [9.17, 15) is 8.78 Å². The summed E-state index contributed by atoms with van der Waals surface area (Å²) in [4.78, 5) is 0. The van der Waals surface area contributed by atoms with Crippen LogP contribution < -0.4 is 0 Å². The van der Waals surface area contributed by atoms with E-state index in [4.69, 9.17) is 0 Å². The second-order valence-electron chi connectivity index (χ2n) is 2.96. The number of aromatic nitrogens is 2. The molecular weight excluding hydrogens is 346 g/mol. The molecule has 1 radical (unpaired) electrons. The number of nitrogens with zero attached hydrogens (tertiary/aromatic N) is 2. The minimum atomic E-state index is -2.61. The minimum absolute atomic E-state index is 0.257. The maximum Gasteiger partial charge on any atom is 0.281 e. The molecule has 0 aliphatic carbocycles. The number of hydrogen-bond acceptors (Lipinski definition) is 1. The molecule has 6 heteroatoms. The fourth-order valence-electron chi connectivity index (χ4n) is 1.30. The van der Waals surface area contributed by atoms with E-state index in [0.717, 1.165) is 0 Å². The van der Waals surface area contributed by atoms with Crippen molar-refractivity contribution in [2.45, 2.75) is 6.43 Å². The number of benzene rings is 1. The summed E-state index contributed by atoms with van der Waals surface area (Å²) in [6.45, 7) is 0. The van der Waals surface area contributed by atoms with Crippen molar-refractivity contribution >= 4 is 31.9 Å². The lowest BCUT2D eigenvalue weighted by Crippen LogP contribution is -2.04. The third-order valence-corrected chi connectivity index (χ3v) is 3.25. The molecule has 0 aliphatic heterocycles. The maximum absolute atomic E-state index is 12.7. The summed E-state index contributed by atoms with van der Waals surface area (Å²) in [6.07, 6.45) is -1.38. The summed E-state index contributed by atoms with van der Waals surface area (Å²) in [5.41, 5.74) is 0.284. The normalized spacial score (nSPS) is 11.1. The second kappa shape index (κ2) is 4.63. The molecule has 0 amide bonds. The molecule has 0 N–H and O–H groups in total. The van der Waals surface area contributed by atoms with E-state index in [2.05, 4.69) is 43.0 Å². The van der Waals surface area contributed by atoms with Gasteiger partial charge in [0.1, 0.15) is 5.69 Å². The Morgan fingerprint density at radius 1 is 1.25 bits per heavy atom. The van der Waals surface area contributed by atoms with Crippen LogP contribution in [-0.2, 0) is 0 Å². The molecule has 0 saturated carbocycles. The molecule has 0 spiro atoms. The Hall–Kier alpha value is -0.750. The topological polar surface area (TPSA) is 17.8 Å². The second-order valence-corrected chi connectivity index (χ2v) is 4.67. The van der Waals surface area contributed by atoms with Gasteiger partial charge in [-0.2, -0.15) is 5.10 Å². The first-order chi connectivity index (χ1) is 7.61. The highest BCUT2D eigenvalue weighted by atomic mass is 79.9.